The van der Waals surface area contributed by atoms with E-state index in [0.29, 0.717) is 25.1 Å². The summed E-state index contributed by atoms with van der Waals surface area (Å²) in [5, 5.41) is 4.91. The van der Waals surface area contributed by atoms with Crippen LogP contribution in [0.2, 0.25) is 0 Å². The molecule has 0 aliphatic heterocycles. The lowest BCUT2D eigenvalue weighted by molar-refractivity contribution is -0.140. The Balaban J connectivity index is 1.62. The van der Waals surface area contributed by atoms with E-state index >= 15 is 0 Å². The van der Waals surface area contributed by atoms with Crippen molar-refractivity contribution in [2.24, 2.45) is 0 Å². The molecule has 0 aromatic carbocycles. The second-order valence-corrected chi connectivity index (χ2v) is 8.33. The highest BCUT2D eigenvalue weighted by Gasteiger charge is 2.21. The number of hydrogen-bond acceptors (Lipinski definition) is 7. The van der Waals surface area contributed by atoms with E-state index in [1.54, 1.807) is 11.3 Å². The number of hydrogen-bond donors (Lipinski definition) is 1. The number of thiophene rings is 1. The summed E-state index contributed by atoms with van der Waals surface area (Å²) in [6.45, 7) is 2.37. The van der Waals surface area contributed by atoms with Crippen molar-refractivity contribution in [1.29, 1.82) is 0 Å². The number of methoxy groups -OCH3 is 1. The zero-order valence-electron chi connectivity index (χ0n) is 15.1. The van der Waals surface area contributed by atoms with Gasteiger partial charge in [-0.3, -0.25) is 9.59 Å². The molecule has 8 heteroatoms. The number of carbonyl (C=O) groups excluding carboxylic acids is 2. The van der Waals surface area contributed by atoms with Crippen LogP contribution in [0, 0.1) is 6.92 Å². The minimum absolute atomic E-state index is 0.0478. The molecule has 0 bridgehead atoms. The van der Waals surface area contributed by atoms with Gasteiger partial charge in [0.2, 0.25) is 5.91 Å². The first-order valence-electron chi connectivity index (χ1n) is 8.83. The summed E-state index contributed by atoms with van der Waals surface area (Å²) < 4.78 is 4.58. The molecule has 0 fully saturated rings. The molecular formula is C18H23N3O3S2. The second kappa shape index (κ2) is 8.81. The molecule has 1 N–H and O–H groups in total. The lowest BCUT2D eigenvalue weighted by Crippen LogP contribution is -2.26. The molecular weight excluding hydrogens is 370 g/mol. The van der Waals surface area contributed by atoms with Crippen LogP contribution in [0.15, 0.2) is 5.03 Å². The van der Waals surface area contributed by atoms with Gasteiger partial charge in [-0.2, -0.15) is 0 Å². The van der Waals surface area contributed by atoms with E-state index in [0.717, 1.165) is 33.9 Å². The van der Waals surface area contributed by atoms with Gasteiger partial charge in [-0.05, 0) is 44.6 Å². The average molecular weight is 394 g/mol. The number of aromatic nitrogens is 2. The van der Waals surface area contributed by atoms with Crippen molar-refractivity contribution < 1.29 is 14.3 Å². The Kier molecular flexibility index (Phi) is 6.48. The van der Waals surface area contributed by atoms with E-state index in [1.165, 1.54) is 42.2 Å². The van der Waals surface area contributed by atoms with Crippen molar-refractivity contribution in [3.63, 3.8) is 0 Å². The maximum Gasteiger partial charge on any atom is 0.305 e. The zero-order chi connectivity index (χ0) is 18.5. The number of carbonyl (C=O) groups is 2. The molecule has 6 nitrogen and oxygen atoms in total. The summed E-state index contributed by atoms with van der Waals surface area (Å²) in [5.41, 5.74) is 1.39. The number of amides is 1. The fourth-order valence-electron chi connectivity index (χ4n) is 3.08. The lowest BCUT2D eigenvalue weighted by Gasteiger charge is -2.11. The monoisotopic (exact) mass is 393 g/mol. The smallest absolute Gasteiger partial charge is 0.305 e. The van der Waals surface area contributed by atoms with Crippen LogP contribution in [-0.4, -0.2) is 41.3 Å². The molecule has 0 saturated carbocycles. The normalized spacial score (nSPS) is 13.5. The van der Waals surface area contributed by atoms with Gasteiger partial charge in [-0.1, -0.05) is 11.8 Å². The Morgan fingerprint density at radius 1 is 1.27 bits per heavy atom. The number of rotatable bonds is 7. The van der Waals surface area contributed by atoms with E-state index in [-0.39, 0.29) is 11.9 Å². The Bertz CT molecular complexity index is 820. The maximum absolute atomic E-state index is 12.1. The molecule has 0 radical (unpaired) electrons. The van der Waals surface area contributed by atoms with Gasteiger partial charge in [0.1, 0.15) is 15.7 Å². The van der Waals surface area contributed by atoms with E-state index in [2.05, 4.69) is 20.0 Å². The summed E-state index contributed by atoms with van der Waals surface area (Å²) in [5.74, 6) is 0.758. The van der Waals surface area contributed by atoms with Crippen LogP contribution in [0.1, 0.15) is 41.9 Å². The highest BCUT2D eigenvalue weighted by atomic mass is 32.2. The molecule has 140 valence electrons. The highest BCUT2D eigenvalue weighted by Crippen LogP contribution is 2.39. The summed E-state index contributed by atoms with van der Waals surface area (Å²) in [6.07, 6.45) is 5.55. The van der Waals surface area contributed by atoms with Crippen LogP contribution >= 0.6 is 23.1 Å². The van der Waals surface area contributed by atoms with Gasteiger partial charge in [0, 0.05) is 23.2 Å². The van der Waals surface area contributed by atoms with Crippen molar-refractivity contribution in [2.75, 3.05) is 19.4 Å². The third-order valence-corrected chi connectivity index (χ3v) is 6.50. The summed E-state index contributed by atoms with van der Waals surface area (Å²) in [4.78, 5) is 34.8. The van der Waals surface area contributed by atoms with Crippen molar-refractivity contribution in [3.05, 3.63) is 16.3 Å². The van der Waals surface area contributed by atoms with Crippen molar-refractivity contribution in [1.82, 2.24) is 15.3 Å². The Morgan fingerprint density at radius 2 is 2.08 bits per heavy atom. The topological polar surface area (TPSA) is 81.2 Å². The number of nitrogens with zero attached hydrogens (tertiary/aromatic N) is 2. The molecule has 3 rings (SSSR count). The number of thioether (sulfide) groups is 1. The number of aryl methyl sites for hydroxylation is 3. The molecule has 0 spiro atoms. The Morgan fingerprint density at radius 3 is 2.88 bits per heavy atom. The molecule has 0 unspecified atom stereocenters. The third-order valence-electron chi connectivity index (χ3n) is 4.34. The van der Waals surface area contributed by atoms with Gasteiger partial charge in [-0.25, -0.2) is 9.97 Å². The molecule has 1 aliphatic rings. The molecule has 1 amide bonds. The van der Waals surface area contributed by atoms with Crippen LogP contribution < -0.4 is 5.32 Å². The van der Waals surface area contributed by atoms with Gasteiger partial charge in [0.25, 0.3) is 0 Å². The molecule has 26 heavy (non-hydrogen) atoms. The molecule has 1 aliphatic carbocycles. The van der Waals surface area contributed by atoms with Crippen molar-refractivity contribution in [2.45, 2.75) is 50.5 Å². The van der Waals surface area contributed by atoms with Crippen LogP contribution in [-0.2, 0) is 27.2 Å². The van der Waals surface area contributed by atoms with E-state index < -0.39 is 0 Å². The molecule has 2 aromatic heterocycles. The molecule has 0 saturated heterocycles. The van der Waals surface area contributed by atoms with E-state index in [1.807, 2.05) is 6.92 Å². The van der Waals surface area contributed by atoms with E-state index in [4.69, 9.17) is 0 Å². The standard InChI is InChI=1S/C18H23N3O3S2/c1-11-20-17(25-10-14(22)19-9-5-8-15(23)24-2)16-12-6-3-4-7-13(12)26-18(16)21-11/h3-10H2,1-2H3,(H,19,22). The maximum atomic E-state index is 12.1. The predicted octanol–water partition coefficient (Wildman–Crippen LogP) is 3.04. The summed E-state index contributed by atoms with van der Waals surface area (Å²) in [6, 6.07) is 0. The SMILES string of the molecule is COC(=O)CCCNC(=O)CSc1nc(C)nc2sc3c(c12)CCCC3. The van der Waals surface area contributed by atoms with Crippen molar-refractivity contribution in [3.8, 4) is 0 Å². The molecule has 2 aromatic rings. The van der Waals surface area contributed by atoms with Gasteiger partial charge >= 0.3 is 5.97 Å². The van der Waals surface area contributed by atoms with Crippen molar-refractivity contribution >= 4 is 45.2 Å². The second-order valence-electron chi connectivity index (χ2n) is 6.29. The van der Waals surface area contributed by atoms with Gasteiger partial charge < -0.3 is 10.1 Å². The fourth-order valence-corrected chi connectivity index (χ4v) is 5.38. The van der Waals surface area contributed by atoms with Gasteiger partial charge in [0.15, 0.2) is 0 Å². The summed E-state index contributed by atoms with van der Waals surface area (Å²) >= 11 is 3.25. The number of esters is 1. The van der Waals surface area contributed by atoms with Crippen LogP contribution in [0.3, 0.4) is 0 Å². The number of nitrogens with one attached hydrogen (secondary N) is 1. The largest absolute Gasteiger partial charge is 0.469 e. The molecule has 0 atom stereocenters. The number of fused-ring (bicyclic) bond motifs is 3. The number of ether oxygens (including phenoxy) is 1. The predicted molar refractivity (Wildman–Crippen MR) is 104 cm³/mol. The average Bonchev–Trinajstić information content (AvgIpc) is 3.01. The van der Waals surface area contributed by atoms with Crippen LogP contribution in [0.5, 0.6) is 0 Å². The Hall–Kier alpha value is -1.67. The fraction of sp³-hybridized carbons (Fsp3) is 0.556. The third kappa shape index (κ3) is 4.54. The van der Waals surface area contributed by atoms with Crippen LogP contribution in [0.4, 0.5) is 0 Å². The minimum Gasteiger partial charge on any atom is -0.469 e. The first kappa shape index (κ1) is 19.1. The summed E-state index contributed by atoms with van der Waals surface area (Å²) in [7, 11) is 1.37. The lowest BCUT2D eigenvalue weighted by atomic mass is 9.97. The Labute approximate surface area is 161 Å². The minimum atomic E-state index is -0.255. The van der Waals surface area contributed by atoms with Gasteiger partial charge in [-0.15, -0.1) is 11.3 Å². The van der Waals surface area contributed by atoms with E-state index in [9.17, 15) is 9.59 Å². The zero-order valence-corrected chi connectivity index (χ0v) is 16.7. The first-order valence-corrected chi connectivity index (χ1v) is 10.6. The highest BCUT2D eigenvalue weighted by molar-refractivity contribution is 8.00. The quantitative estimate of drug-likeness (QED) is 0.337. The first-order chi connectivity index (χ1) is 12.6. The van der Waals surface area contributed by atoms with Crippen LogP contribution in [0.25, 0.3) is 10.2 Å². The molecule has 2 heterocycles. The van der Waals surface area contributed by atoms with Gasteiger partial charge in [0.05, 0.1) is 12.9 Å².